The van der Waals surface area contributed by atoms with E-state index >= 15 is 0 Å². The zero-order valence-corrected chi connectivity index (χ0v) is 8.87. The molecule has 2 nitrogen and oxygen atoms in total. The first-order valence-corrected chi connectivity index (χ1v) is 5.79. The molecule has 15 heavy (non-hydrogen) atoms. The number of nitrogens with one attached hydrogen (secondary N) is 1. The summed E-state index contributed by atoms with van der Waals surface area (Å²) in [5, 5.41) is 8.09. The molecule has 2 aromatic rings. The Morgan fingerprint density at radius 2 is 2.13 bits per heavy atom. The summed E-state index contributed by atoms with van der Waals surface area (Å²) in [4.78, 5) is 4.47. The molecule has 1 aliphatic heterocycles. The van der Waals surface area contributed by atoms with E-state index in [4.69, 9.17) is 0 Å². The first kappa shape index (κ1) is 8.80. The lowest BCUT2D eigenvalue weighted by atomic mass is 10.1. The van der Waals surface area contributed by atoms with Crippen LogP contribution in [-0.4, -0.2) is 4.98 Å². The third-order valence-electron chi connectivity index (χ3n) is 2.48. The fraction of sp³-hybridized carbons (Fsp3) is 0.0833. The molecule has 1 aromatic heterocycles. The Balaban J connectivity index is 2.17. The second-order valence-corrected chi connectivity index (χ2v) is 4.42. The summed E-state index contributed by atoms with van der Waals surface area (Å²) in [6.07, 6.45) is 3.84. The van der Waals surface area contributed by atoms with Gasteiger partial charge in [-0.1, -0.05) is 24.3 Å². The number of hydrogen-bond donors (Lipinski definition) is 1. The van der Waals surface area contributed by atoms with Gasteiger partial charge in [-0.15, -0.1) is 11.8 Å². The summed E-state index contributed by atoms with van der Waals surface area (Å²) in [5.41, 5.74) is 1.11. The van der Waals surface area contributed by atoms with Crippen LogP contribution in [0.1, 0.15) is 11.1 Å². The van der Waals surface area contributed by atoms with Crippen molar-refractivity contribution in [2.24, 2.45) is 0 Å². The van der Waals surface area contributed by atoms with Crippen molar-refractivity contribution in [1.29, 1.82) is 0 Å². The van der Waals surface area contributed by atoms with Gasteiger partial charge in [0.2, 0.25) is 0 Å². The van der Waals surface area contributed by atoms with Crippen molar-refractivity contribution in [3.63, 3.8) is 0 Å². The van der Waals surface area contributed by atoms with E-state index in [1.54, 1.807) is 11.8 Å². The van der Waals surface area contributed by atoms with E-state index in [1.165, 1.54) is 10.8 Å². The molecule has 0 radical (unpaired) electrons. The van der Waals surface area contributed by atoms with Crippen LogP contribution in [0.15, 0.2) is 48.1 Å². The molecule has 74 valence electrons. The minimum atomic E-state index is 0.260. The maximum absolute atomic E-state index is 4.47. The van der Waals surface area contributed by atoms with Gasteiger partial charge in [-0.2, -0.15) is 0 Å². The van der Waals surface area contributed by atoms with Crippen molar-refractivity contribution in [1.82, 2.24) is 10.3 Å². The summed E-state index contributed by atoms with van der Waals surface area (Å²) in [7, 11) is 0. The van der Waals surface area contributed by atoms with Crippen LogP contribution in [0.4, 0.5) is 0 Å². The molecule has 1 N–H and O–H groups in total. The van der Waals surface area contributed by atoms with E-state index in [0.29, 0.717) is 0 Å². The smallest absolute Gasteiger partial charge is 0.119 e. The van der Waals surface area contributed by atoms with Gasteiger partial charge in [0, 0.05) is 17.8 Å². The zero-order valence-electron chi connectivity index (χ0n) is 8.05. The molecular formula is C12H10N2S. The molecule has 0 spiro atoms. The van der Waals surface area contributed by atoms with Gasteiger partial charge in [-0.05, 0) is 16.9 Å². The Morgan fingerprint density at radius 3 is 3.00 bits per heavy atom. The monoisotopic (exact) mass is 214 g/mol. The summed E-state index contributed by atoms with van der Waals surface area (Å²) in [6, 6.07) is 10.4. The predicted octanol–water partition coefficient (Wildman–Crippen LogP) is 3.04. The number of aromatic nitrogens is 1. The molecule has 0 amide bonds. The van der Waals surface area contributed by atoms with E-state index in [1.807, 2.05) is 18.5 Å². The molecule has 2 heterocycles. The van der Waals surface area contributed by atoms with E-state index in [0.717, 1.165) is 5.69 Å². The minimum Gasteiger partial charge on any atom is -0.374 e. The van der Waals surface area contributed by atoms with Crippen LogP contribution in [0.2, 0.25) is 0 Å². The highest BCUT2D eigenvalue weighted by Crippen LogP contribution is 2.33. The first-order chi connectivity index (χ1) is 7.45. The van der Waals surface area contributed by atoms with E-state index in [2.05, 4.69) is 40.0 Å². The normalized spacial score (nSPS) is 19.3. The third-order valence-corrected chi connectivity index (χ3v) is 3.41. The Bertz CT molecular complexity index is 509. The van der Waals surface area contributed by atoms with Gasteiger partial charge >= 0.3 is 0 Å². The summed E-state index contributed by atoms with van der Waals surface area (Å²) >= 11 is 1.76. The number of thioether (sulfide) groups is 1. The summed E-state index contributed by atoms with van der Waals surface area (Å²) in [5.74, 6) is 0. The number of pyridine rings is 1. The van der Waals surface area contributed by atoms with Crippen molar-refractivity contribution >= 4 is 22.5 Å². The first-order valence-electron chi connectivity index (χ1n) is 4.85. The average Bonchev–Trinajstić information content (AvgIpc) is 2.82. The summed E-state index contributed by atoms with van der Waals surface area (Å²) in [6.45, 7) is 0. The largest absolute Gasteiger partial charge is 0.374 e. The van der Waals surface area contributed by atoms with Gasteiger partial charge in [-0.3, -0.25) is 4.98 Å². The Morgan fingerprint density at radius 1 is 1.20 bits per heavy atom. The van der Waals surface area contributed by atoms with Gasteiger partial charge in [0.05, 0.1) is 5.69 Å². The fourth-order valence-corrected chi connectivity index (χ4v) is 2.57. The van der Waals surface area contributed by atoms with Crippen molar-refractivity contribution < 1.29 is 0 Å². The molecule has 0 bridgehead atoms. The van der Waals surface area contributed by atoms with Crippen molar-refractivity contribution in [3.05, 3.63) is 53.8 Å². The van der Waals surface area contributed by atoms with Crippen LogP contribution in [0.25, 0.3) is 10.8 Å². The molecule has 0 fully saturated rings. The van der Waals surface area contributed by atoms with Crippen LogP contribution in [0, 0.1) is 0 Å². The number of fused-ring (bicyclic) bond motifs is 1. The highest BCUT2D eigenvalue weighted by molar-refractivity contribution is 8.02. The van der Waals surface area contributed by atoms with Gasteiger partial charge in [0.1, 0.15) is 5.37 Å². The van der Waals surface area contributed by atoms with Crippen LogP contribution >= 0.6 is 11.8 Å². The molecule has 1 atom stereocenters. The van der Waals surface area contributed by atoms with Crippen LogP contribution in [0.3, 0.4) is 0 Å². The Hall–Kier alpha value is -1.48. The van der Waals surface area contributed by atoms with E-state index in [-0.39, 0.29) is 5.37 Å². The number of hydrogen-bond acceptors (Lipinski definition) is 3. The summed E-state index contributed by atoms with van der Waals surface area (Å²) < 4.78 is 0. The second-order valence-electron chi connectivity index (χ2n) is 3.40. The predicted molar refractivity (Wildman–Crippen MR) is 64.4 cm³/mol. The van der Waals surface area contributed by atoms with Gasteiger partial charge in [0.25, 0.3) is 0 Å². The third kappa shape index (κ3) is 1.49. The van der Waals surface area contributed by atoms with Gasteiger partial charge in [0.15, 0.2) is 0 Å². The highest BCUT2D eigenvalue weighted by Gasteiger charge is 2.16. The standard InChI is InChI=1S/C12H10N2S/c1-2-4-10-9(3-1)5-6-13-11(10)12-14-7-8-15-12/h1-8,12,14H. The topological polar surface area (TPSA) is 24.9 Å². The second kappa shape index (κ2) is 3.59. The lowest BCUT2D eigenvalue weighted by molar-refractivity contribution is 0.837. The lowest BCUT2D eigenvalue weighted by Crippen LogP contribution is -2.09. The molecule has 1 aromatic carbocycles. The maximum atomic E-state index is 4.47. The minimum absolute atomic E-state index is 0.260. The van der Waals surface area contributed by atoms with Crippen LogP contribution < -0.4 is 5.32 Å². The number of nitrogens with zero attached hydrogens (tertiary/aromatic N) is 1. The Kier molecular flexibility index (Phi) is 2.10. The average molecular weight is 214 g/mol. The molecular weight excluding hydrogens is 204 g/mol. The number of benzene rings is 1. The zero-order chi connectivity index (χ0) is 10.1. The van der Waals surface area contributed by atoms with Crippen LogP contribution in [0.5, 0.6) is 0 Å². The molecule has 0 saturated carbocycles. The van der Waals surface area contributed by atoms with Crippen molar-refractivity contribution in [2.75, 3.05) is 0 Å². The van der Waals surface area contributed by atoms with E-state index in [9.17, 15) is 0 Å². The van der Waals surface area contributed by atoms with Crippen molar-refractivity contribution in [3.8, 4) is 0 Å². The lowest BCUT2D eigenvalue weighted by Gasteiger charge is -2.11. The van der Waals surface area contributed by atoms with E-state index < -0.39 is 0 Å². The molecule has 1 aliphatic rings. The van der Waals surface area contributed by atoms with Crippen molar-refractivity contribution in [2.45, 2.75) is 5.37 Å². The molecule has 3 rings (SSSR count). The molecule has 1 unspecified atom stereocenters. The maximum Gasteiger partial charge on any atom is 0.119 e. The molecule has 0 aliphatic carbocycles. The van der Waals surface area contributed by atoms with Gasteiger partial charge < -0.3 is 5.32 Å². The van der Waals surface area contributed by atoms with Crippen LogP contribution in [-0.2, 0) is 0 Å². The quantitative estimate of drug-likeness (QED) is 0.789. The van der Waals surface area contributed by atoms with Gasteiger partial charge in [-0.25, -0.2) is 0 Å². The fourth-order valence-electron chi connectivity index (χ4n) is 1.78. The molecule has 0 saturated heterocycles. The SMILES string of the molecule is C1=CSC(c2nccc3ccccc23)N1. The highest BCUT2D eigenvalue weighted by atomic mass is 32.2. The number of rotatable bonds is 1. The Labute approximate surface area is 92.4 Å². The molecule has 3 heteroatoms.